The zero-order chi connectivity index (χ0) is 58.4. The first-order valence-electron chi connectivity index (χ1n) is 36.0. The van der Waals surface area contributed by atoms with Gasteiger partial charge in [-0.25, -0.2) is 0 Å². The summed E-state index contributed by atoms with van der Waals surface area (Å²) in [7, 11) is 0. The number of hydrogen-bond acceptors (Lipinski definition) is 3. The molecule has 2 atom stereocenters. The number of hydrogen-bond donors (Lipinski definition) is 3. The van der Waals surface area contributed by atoms with E-state index in [0.29, 0.717) is 6.42 Å². The minimum absolute atomic E-state index is 0.0606. The quantitative estimate of drug-likeness (QED) is 0.0420. The molecule has 0 bridgehead atoms. The third-order valence-electron chi connectivity index (χ3n) is 16.3. The summed E-state index contributed by atoms with van der Waals surface area (Å²) in [4.78, 5) is 12.6. The number of amides is 1. The third-order valence-corrected chi connectivity index (χ3v) is 16.3. The second kappa shape index (κ2) is 71.6. The van der Waals surface area contributed by atoms with Gasteiger partial charge in [0.15, 0.2) is 0 Å². The Morgan fingerprint density at radius 3 is 0.815 bits per heavy atom. The first-order valence-corrected chi connectivity index (χ1v) is 36.0. The van der Waals surface area contributed by atoms with Crippen molar-refractivity contribution in [2.75, 3.05) is 6.61 Å². The van der Waals surface area contributed by atoms with E-state index in [4.69, 9.17) is 0 Å². The highest BCUT2D eigenvalue weighted by Gasteiger charge is 2.18. The van der Waals surface area contributed by atoms with Crippen molar-refractivity contribution in [2.24, 2.45) is 0 Å². The number of aliphatic hydroxyl groups excluding tert-OH is 2. The number of aliphatic hydroxyl groups is 2. The van der Waals surface area contributed by atoms with Crippen LogP contribution < -0.4 is 5.32 Å². The van der Waals surface area contributed by atoms with Gasteiger partial charge in [-0.2, -0.15) is 0 Å². The lowest BCUT2D eigenvalue weighted by Gasteiger charge is -2.20. The van der Waals surface area contributed by atoms with E-state index in [1.165, 1.54) is 276 Å². The monoisotopic (exact) mass is 1130 g/mol. The van der Waals surface area contributed by atoms with Crippen LogP contribution in [-0.4, -0.2) is 34.9 Å². The summed E-state index contributed by atoms with van der Waals surface area (Å²) in [5.74, 6) is -0.0606. The van der Waals surface area contributed by atoms with E-state index in [1.807, 2.05) is 6.08 Å². The first-order chi connectivity index (χ1) is 40.2. The lowest BCUT2D eigenvalue weighted by molar-refractivity contribution is -0.123. The molecule has 3 N–H and O–H groups in total. The molecule has 2 unspecified atom stereocenters. The van der Waals surface area contributed by atoms with Gasteiger partial charge in [-0.1, -0.05) is 381 Å². The van der Waals surface area contributed by atoms with E-state index < -0.39 is 12.1 Å². The molecule has 0 aliphatic carbocycles. The van der Waals surface area contributed by atoms with E-state index in [-0.39, 0.29) is 12.5 Å². The van der Waals surface area contributed by atoms with Crippen molar-refractivity contribution in [3.8, 4) is 0 Å². The van der Waals surface area contributed by atoms with Crippen molar-refractivity contribution in [2.45, 2.75) is 379 Å². The van der Waals surface area contributed by atoms with Gasteiger partial charge in [-0.15, -0.1) is 0 Å². The van der Waals surface area contributed by atoms with Crippen LogP contribution in [0.1, 0.15) is 367 Å². The van der Waals surface area contributed by atoms with Crippen LogP contribution >= 0.6 is 0 Å². The fourth-order valence-electron chi connectivity index (χ4n) is 10.9. The van der Waals surface area contributed by atoms with Gasteiger partial charge in [0.25, 0.3) is 0 Å². The fraction of sp³-hybridized carbons (Fsp3) is 0.779. The molecule has 0 spiro atoms. The van der Waals surface area contributed by atoms with Crippen molar-refractivity contribution < 1.29 is 15.0 Å². The van der Waals surface area contributed by atoms with E-state index >= 15 is 0 Å². The number of allylic oxidation sites excluding steroid dienone is 15. The van der Waals surface area contributed by atoms with Crippen LogP contribution in [0.5, 0.6) is 0 Å². The van der Waals surface area contributed by atoms with Gasteiger partial charge in [-0.05, 0) is 77.0 Å². The molecule has 0 rings (SSSR count). The molecule has 0 aromatic rings. The summed E-state index contributed by atoms with van der Waals surface area (Å²) in [6, 6.07) is -0.628. The number of unbranched alkanes of at least 4 members (excludes halogenated alkanes) is 45. The fourth-order valence-corrected chi connectivity index (χ4v) is 10.9. The Balaban J connectivity index is 3.47. The topological polar surface area (TPSA) is 69.6 Å². The average Bonchev–Trinajstić information content (AvgIpc) is 3.47. The number of rotatable bonds is 66. The van der Waals surface area contributed by atoms with Crippen LogP contribution in [0.2, 0.25) is 0 Å². The molecule has 0 heterocycles. The molecule has 0 saturated carbocycles. The molecule has 470 valence electrons. The molecule has 0 aliphatic heterocycles. The highest BCUT2D eigenvalue weighted by atomic mass is 16.3. The molecule has 1 amide bonds. The predicted molar refractivity (Wildman–Crippen MR) is 363 cm³/mol. The van der Waals surface area contributed by atoms with Gasteiger partial charge in [0, 0.05) is 6.42 Å². The van der Waals surface area contributed by atoms with Crippen molar-refractivity contribution in [1.82, 2.24) is 5.32 Å². The summed E-state index contributed by atoms with van der Waals surface area (Å²) in [5, 5.41) is 23.3. The van der Waals surface area contributed by atoms with Crippen LogP contribution in [-0.2, 0) is 4.79 Å². The second-order valence-corrected chi connectivity index (χ2v) is 24.3. The highest BCUT2D eigenvalue weighted by molar-refractivity contribution is 5.76. The van der Waals surface area contributed by atoms with Gasteiger partial charge in [0.2, 0.25) is 5.91 Å². The van der Waals surface area contributed by atoms with Gasteiger partial charge in [0.1, 0.15) is 0 Å². The molecular weight excluding hydrogens is 987 g/mol. The molecule has 0 radical (unpaired) electrons. The summed E-state index contributed by atoms with van der Waals surface area (Å²) in [5.41, 5.74) is 0. The lowest BCUT2D eigenvalue weighted by Crippen LogP contribution is -2.45. The van der Waals surface area contributed by atoms with Gasteiger partial charge in [0.05, 0.1) is 18.8 Å². The summed E-state index contributed by atoms with van der Waals surface area (Å²) in [6.07, 6.45) is 106. The molecule has 81 heavy (non-hydrogen) atoms. The summed E-state index contributed by atoms with van der Waals surface area (Å²) >= 11 is 0. The number of carbonyl (C=O) groups is 1. The van der Waals surface area contributed by atoms with Crippen molar-refractivity contribution in [3.05, 3.63) is 97.2 Å². The molecule has 0 fully saturated rings. The van der Waals surface area contributed by atoms with Crippen LogP contribution in [0.25, 0.3) is 0 Å². The maximum absolute atomic E-state index is 12.6. The molecule has 0 aromatic heterocycles. The minimum Gasteiger partial charge on any atom is -0.394 e. The highest BCUT2D eigenvalue weighted by Crippen LogP contribution is 2.19. The van der Waals surface area contributed by atoms with Crippen molar-refractivity contribution in [1.29, 1.82) is 0 Å². The summed E-state index contributed by atoms with van der Waals surface area (Å²) in [6.45, 7) is 4.23. The zero-order valence-electron chi connectivity index (χ0n) is 54.3. The number of carbonyl (C=O) groups excluding carboxylic acids is 1. The van der Waals surface area contributed by atoms with Crippen molar-refractivity contribution in [3.63, 3.8) is 0 Å². The molecular formula is C77H139NO3. The Hall–Kier alpha value is -2.69. The van der Waals surface area contributed by atoms with Gasteiger partial charge >= 0.3 is 0 Å². The molecule has 4 heteroatoms. The molecule has 4 nitrogen and oxygen atoms in total. The SMILES string of the molecule is CC/C=C\C/C=C\C/C=C\C/C=C\C/C=C\C/C=C\C/C=C\CCCCCCCCCCCCCCCCCCCC(=O)NC(CO)C(O)/C=C/CCCCCCCCCCCCCCCCCCCCCCCCCCCCCC. The Labute approximate surface area is 506 Å². The maximum atomic E-state index is 12.6. The molecule has 0 aliphatic rings. The standard InChI is InChI=1S/C77H139NO3/c1-3-5-7-9-11-13-15-17-19-21-23-25-27-29-31-33-35-36-37-38-39-40-41-42-43-45-47-49-51-53-55-57-59-61-63-65-67-69-71-73-77(81)78-75(74-79)76(80)72-70-68-66-64-62-60-58-56-54-52-50-48-46-44-34-32-30-28-26-24-22-20-18-16-14-12-10-8-6-4-2/h5,7,11,13,17,19,23,25,29,31,35-36,38-39,70,72,75-76,79-80H,3-4,6,8-10,12,14-16,18,20-22,24,26-28,30,32-34,37,40-69,71,73-74H2,1-2H3,(H,78,81)/b7-5-,13-11-,19-17-,25-23-,31-29-,36-35-,39-38-,72-70+. The van der Waals surface area contributed by atoms with Gasteiger partial charge < -0.3 is 15.5 Å². The normalized spacial score (nSPS) is 13.3. The van der Waals surface area contributed by atoms with Crippen molar-refractivity contribution >= 4 is 5.91 Å². The molecule has 0 saturated heterocycles. The van der Waals surface area contributed by atoms with Gasteiger partial charge in [-0.3, -0.25) is 4.79 Å². The Kier molecular flexibility index (Phi) is 69.2. The van der Waals surface area contributed by atoms with Crippen LogP contribution in [0.15, 0.2) is 97.2 Å². The van der Waals surface area contributed by atoms with E-state index in [9.17, 15) is 15.0 Å². The maximum Gasteiger partial charge on any atom is 0.220 e. The van der Waals surface area contributed by atoms with Crippen LogP contribution in [0.3, 0.4) is 0 Å². The minimum atomic E-state index is -0.845. The Morgan fingerprint density at radius 2 is 0.543 bits per heavy atom. The first kappa shape index (κ1) is 78.3. The average molecular weight is 1130 g/mol. The zero-order valence-corrected chi connectivity index (χ0v) is 54.3. The van der Waals surface area contributed by atoms with E-state index in [0.717, 1.165) is 70.6 Å². The van der Waals surface area contributed by atoms with Crippen LogP contribution in [0, 0.1) is 0 Å². The summed E-state index contributed by atoms with van der Waals surface area (Å²) < 4.78 is 0. The largest absolute Gasteiger partial charge is 0.394 e. The molecule has 0 aromatic carbocycles. The Bertz CT molecular complexity index is 1470. The van der Waals surface area contributed by atoms with Crippen LogP contribution in [0.4, 0.5) is 0 Å². The predicted octanol–water partition coefficient (Wildman–Crippen LogP) is 24.8. The number of nitrogens with one attached hydrogen (secondary N) is 1. The third kappa shape index (κ3) is 68.0. The Morgan fingerprint density at radius 1 is 0.309 bits per heavy atom. The smallest absolute Gasteiger partial charge is 0.220 e. The van der Waals surface area contributed by atoms with E-state index in [1.54, 1.807) is 6.08 Å². The second-order valence-electron chi connectivity index (χ2n) is 24.3. The van der Waals surface area contributed by atoms with E-state index in [2.05, 4.69) is 104 Å². The lowest BCUT2D eigenvalue weighted by atomic mass is 10.0.